The quantitative estimate of drug-likeness (QED) is 0.851. The van der Waals surface area contributed by atoms with Gasteiger partial charge in [-0.3, -0.25) is 14.4 Å². The molecule has 1 aromatic rings. The van der Waals surface area contributed by atoms with Gasteiger partial charge in [0.25, 0.3) is 0 Å². The molecule has 3 unspecified atom stereocenters. The molecule has 0 aromatic heterocycles. The Morgan fingerprint density at radius 1 is 1.32 bits per heavy atom. The Morgan fingerprint density at radius 3 is 2.45 bits per heavy atom. The average Bonchev–Trinajstić information content (AvgIpc) is 2.84. The van der Waals surface area contributed by atoms with Gasteiger partial charge in [0.1, 0.15) is 0 Å². The highest BCUT2D eigenvalue weighted by Crippen LogP contribution is 2.24. The van der Waals surface area contributed by atoms with Crippen LogP contribution in [0, 0.1) is 11.8 Å². The first-order chi connectivity index (χ1) is 10.4. The summed E-state index contributed by atoms with van der Waals surface area (Å²) in [4.78, 5) is 36.7. The van der Waals surface area contributed by atoms with E-state index in [1.807, 2.05) is 6.07 Å². The Balaban J connectivity index is 2.15. The van der Waals surface area contributed by atoms with Gasteiger partial charge >= 0.3 is 5.97 Å². The smallest absolute Gasteiger partial charge is 0.308 e. The molecule has 1 aliphatic heterocycles. The van der Waals surface area contributed by atoms with E-state index in [2.05, 4.69) is 5.32 Å². The number of carbonyl (C=O) groups is 3. The predicted molar refractivity (Wildman–Crippen MR) is 79.9 cm³/mol. The van der Waals surface area contributed by atoms with Crippen LogP contribution in [-0.2, 0) is 14.4 Å². The number of aliphatic carboxylic acids is 1. The first kappa shape index (κ1) is 16.0. The topological polar surface area (TPSA) is 86.7 Å². The first-order valence-corrected chi connectivity index (χ1v) is 7.22. The van der Waals surface area contributed by atoms with Crippen molar-refractivity contribution in [3.63, 3.8) is 0 Å². The number of nitrogens with zero attached hydrogens (tertiary/aromatic N) is 1. The lowest BCUT2D eigenvalue weighted by Crippen LogP contribution is -2.39. The second-order valence-electron chi connectivity index (χ2n) is 5.70. The Labute approximate surface area is 129 Å². The van der Waals surface area contributed by atoms with E-state index in [-0.39, 0.29) is 18.2 Å². The van der Waals surface area contributed by atoms with Crippen LogP contribution in [0.15, 0.2) is 30.3 Å². The van der Waals surface area contributed by atoms with Crippen molar-refractivity contribution in [1.29, 1.82) is 0 Å². The lowest BCUT2D eigenvalue weighted by molar-refractivity contribution is -0.142. The summed E-state index contributed by atoms with van der Waals surface area (Å²) in [5.74, 6) is -2.51. The minimum absolute atomic E-state index is 0.0669. The molecule has 6 heteroatoms. The van der Waals surface area contributed by atoms with Crippen molar-refractivity contribution in [1.82, 2.24) is 10.2 Å². The molecular weight excluding hydrogens is 284 g/mol. The number of rotatable bonds is 5. The van der Waals surface area contributed by atoms with Crippen molar-refractivity contribution in [3.05, 3.63) is 35.9 Å². The summed E-state index contributed by atoms with van der Waals surface area (Å²) in [5.41, 5.74) is 0.739. The molecule has 1 fully saturated rings. The molecule has 0 bridgehead atoms. The molecule has 118 valence electrons. The number of hydrogen-bond acceptors (Lipinski definition) is 3. The van der Waals surface area contributed by atoms with Gasteiger partial charge in [0.05, 0.1) is 17.9 Å². The molecule has 6 nitrogen and oxygen atoms in total. The molecule has 3 atom stereocenters. The van der Waals surface area contributed by atoms with E-state index >= 15 is 0 Å². The van der Waals surface area contributed by atoms with Crippen molar-refractivity contribution in [3.8, 4) is 0 Å². The molecular formula is C16H20N2O4. The number of carboxylic acids is 1. The second kappa shape index (κ2) is 6.60. The van der Waals surface area contributed by atoms with Gasteiger partial charge in [-0.25, -0.2) is 0 Å². The Bertz CT molecular complexity index is 573. The van der Waals surface area contributed by atoms with Crippen LogP contribution < -0.4 is 5.32 Å². The molecule has 1 heterocycles. The normalized spacial score (nSPS) is 20.5. The average molecular weight is 304 g/mol. The largest absolute Gasteiger partial charge is 0.481 e. The number of amides is 2. The van der Waals surface area contributed by atoms with Crippen molar-refractivity contribution < 1.29 is 19.5 Å². The van der Waals surface area contributed by atoms with Crippen LogP contribution in [0.3, 0.4) is 0 Å². The zero-order chi connectivity index (χ0) is 16.3. The summed E-state index contributed by atoms with van der Waals surface area (Å²) in [6, 6.07) is 8.39. The Morgan fingerprint density at radius 2 is 1.95 bits per heavy atom. The first-order valence-electron chi connectivity index (χ1n) is 7.22. The summed E-state index contributed by atoms with van der Waals surface area (Å²) in [7, 11) is 1.66. The molecule has 1 aliphatic rings. The minimum Gasteiger partial charge on any atom is -0.481 e. The van der Waals surface area contributed by atoms with Crippen LogP contribution in [0.4, 0.5) is 0 Å². The van der Waals surface area contributed by atoms with Gasteiger partial charge < -0.3 is 15.3 Å². The Hall–Kier alpha value is -2.37. The van der Waals surface area contributed by atoms with Gasteiger partial charge in [-0.1, -0.05) is 30.3 Å². The minimum atomic E-state index is -0.978. The lowest BCUT2D eigenvalue weighted by Gasteiger charge is -2.24. The number of carboxylic acid groups (broad SMARTS) is 1. The lowest BCUT2D eigenvalue weighted by atomic mass is 9.93. The third-order valence-corrected chi connectivity index (χ3v) is 4.06. The summed E-state index contributed by atoms with van der Waals surface area (Å²) in [6.45, 7) is 1.93. The maximum absolute atomic E-state index is 12.4. The number of carbonyl (C=O) groups excluding carboxylic acids is 2. The van der Waals surface area contributed by atoms with Crippen molar-refractivity contribution >= 4 is 17.8 Å². The van der Waals surface area contributed by atoms with Gasteiger partial charge in [0.15, 0.2) is 0 Å². The standard InChI is InChI=1S/C16H20N2O4/c1-10(16(21)22)14(11-6-4-3-5-7-11)17-15(20)12-8-13(19)18(2)9-12/h3-7,10,12,14H,8-9H2,1-2H3,(H,17,20)(H,21,22). The fourth-order valence-corrected chi connectivity index (χ4v) is 2.61. The summed E-state index contributed by atoms with van der Waals surface area (Å²) in [5, 5.41) is 12.1. The zero-order valence-electron chi connectivity index (χ0n) is 12.7. The second-order valence-corrected chi connectivity index (χ2v) is 5.70. The molecule has 0 spiro atoms. The van der Waals surface area contributed by atoms with Crippen LogP contribution >= 0.6 is 0 Å². The Kier molecular flexibility index (Phi) is 4.80. The van der Waals surface area contributed by atoms with E-state index in [0.29, 0.717) is 6.54 Å². The zero-order valence-corrected chi connectivity index (χ0v) is 12.7. The molecule has 22 heavy (non-hydrogen) atoms. The van der Waals surface area contributed by atoms with Gasteiger partial charge in [0.2, 0.25) is 11.8 Å². The molecule has 1 saturated heterocycles. The number of likely N-dealkylation sites (tertiary alicyclic amines) is 1. The highest BCUT2D eigenvalue weighted by atomic mass is 16.4. The molecule has 2 N–H and O–H groups in total. The molecule has 0 radical (unpaired) electrons. The van der Waals surface area contributed by atoms with Gasteiger partial charge in [-0.2, -0.15) is 0 Å². The van der Waals surface area contributed by atoms with E-state index in [4.69, 9.17) is 0 Å². The fourth-order valence-electron chi connectivity index (χ4n) is 2.61. The van der Waals surface area contributed by atoms with Crippen molar-refractivity contribution in [2.75, 3.05) is 13.6 Å². The fraction of sp³-hybridized carbons (Fsp3) is 0.438. The number of benzene rings is 1. The van der Waals surface area contributed by atoms with Crippen LogP contribution in [0.25, 0.3) is 0 Å². The monoisotopic (exact) mass is 304 g/mol. The summed E-state index contributed by atoms with van der Waals surface area (Å²) in [6.07, 6.45) is 0.172. The number of hydrogen-bond donors (Lipinski definition) is 2. The molecule has 0 saturated carbocycles. The molecule has 2 amide bonds. The maximum atomic E-state index is 12.4. The molecule has 1 aromatic carbocycles. The van der Waals surface area contributed by atoms with Gasteiger partial charge in [-0.15, -0.1) is 0 Å². The van der Waals surface area contributed by atoms with E-state index in [0.717, 1.165) is 5.56 Å². The SMILES string of the molecule is CC(C(=O)O)C(NC(=O)C1CC(=O)N(C)C1)c1ccccc1. The number of nitrogens with one attached hydrogen (secondary N) is 1. The van der Waals surface area contributed by atoms with Crippen LogP contribution in [0.5, 0.6) is 0 Å². The van der Waals surface area contributed by atoms with Crippen molar-refractivity contribution in [2.45, 2.75) is 19.4 Å². The van der Waals surface area contributed by atoms with Crippen molar-refractivity contribution in [2.24, 2.45) is 11.8 Å². The van der Waals surface area contributed by atoms with Crippen LogP contribution in [0.1, 0.15) is 24.9 Å². The molecule has 0 aliphatic carbocycles. The van der Waals surface area contributed by atoms with Gasteiger partial charge in [-0.05, 0) is 12.5 Å². The molecule has 2 rings (SSSR count). The summed E-state index contributed by atoms with van der Waals surface area (Å²) >= 11 is 0. The third kappa shape index (κ3) is 3.44. The maximum Gasteiger partial charge on any atom is 0.308 e. The summed E-state index contributed by atoms with van der Waals surface area (Å²) < 4.78 is 0. The van der Waals surface area contributed by atoms with E-state index in [9.17, 15) is 19.5 Å². The van der Waals surface area contributed by atoms with Crippen LogP contribution in [-0.4, -0.2) is 41.4 Å². The van der Waals surface area contributed by atoms with E-state index < -0.39 is 23.8 Å². The third-order valence-electron chi connectivity index (χ3n) is 4.06. The highest BCUT2D eigenvalue weighted by Gasteiger charge is 2.35. The van der Waals surface area contributed by atoms with Crippen LogP contribution in [0.2, 0.25) is 0 Å². The van der Waals surface area contributed by atoms with Gasteiger partial charge in [0, 0.05) is 20.0 Å². The van der Waals surface area contributed by atoms with E-state index in [1.165, 1.54) is 4.90 Å². The highest BCUT2D eigenvalue weighted by molar-refractivity contribution is 5.89. The van der Waals surface area contributed by atoms with E-state index in [1.54, 1.807) is 38.2 Å². The predicted octanol–water partition coefficient (Wildman–Crippen LogP) is 1.04.